The van der Waals surface area contributed by atoms with E-state index in [1.54, 1.807) is 0 Å². The standard InChI is InChI=1S/C5H9N3/c1-4-7-3-5(6)8(4)2/h3H,6H2,1-2H3/i1D3,2D3. The van der Waals surface area contributed by atoms with E-state index in [1.807, 2.05) is 0 Å². The van der Waals surface area contributed by atoms with Gasteiger partial charge in [0.15, 0.2) is 0 Å². The Morgan fingerprint density at radius 3 is 3.38 bits per heavy atom. The molecule has 0 atom stereocenters. The zero-order chi connectivity index (χ0) is 11.1. The topological polar surface area (TPSA) is 43.8 Å². The number of nitrogens with two attached hydrogens (primary N) is 1. The molecule has 1 rings (SSSR count). The molecule has 0 bridgehead atoms. The van der Waals surface area contributed by atoms with Crippen molar-refractivity contribution in [3.05, 3.63) is 12.0 Å². The molecule has 1 aromatic rings. The van der Waals surface area contributed by atoms with Crippen molar-refractivity contribution in [2.24, 2.45) is 6.98 Å². The molecule has 2 N–H and O–H groups in total. The van der Waals surface area contributed by atoms with Crippen LogP contribution in [0.25, 0.3) is 0 Å². The van der Waals surface area contributed by atoms with Crippen molar-refractivity contribution in [1.82, 2.24) is 9.55 Å². The lowest BCUT2D eigenvalue weighted by Gasteiger charge is -1.93. The fourth-order valence-electron chi connectivity index (χ4n) is 0.365. The van der Waals surface area contributed by atoms with Crippen LogP contribution in [0.2, 0.25) is 0 Å². The van der Waals surface area contributed by atoms with E-state index in [-0.39, 0.29) is 5.82 Å². The third-order valence-electron chi connectivity index (χ3n) is 0.789. The number of imidazole rings is 1. The number of hydrogen-bond acceptors (Lipinski definition) is 2. The molecule has 3 nitrogen and oxygen atoms in total. The lowest BCUT2D eigenvalue weighted by molar-refractivity contribution is 0.868. The van der Waals surface area contributed by atoms with Crippen molar-refractivity contribution < 1.29 is 8.22 Å². The van der Waals surface area contributed by atoms with Crippen LogP contribution in [0.5, 0.6) is 0 Å². The van der Waals surface area contributed by atoms with Crippen LogP contribution in [0.4, 0.5) is 5.82 Å². The van der Waals surface area contributed by atoms with Gasteiger partial charge in [0.1, 0.15) is 11.6 Å². The van der Waals surface area contributed by atoms with Crippen LogP contribution in [-0.4, -0.2) is 9.55 Å². The van der Waals surface area contributed by atoms with Gasteiger partial charge in [0.25, 0.3) is 0 Å². The summed E-state index contributed by atoms with van der Waals surface area (Å²) in [6, 6.07) is 0. The Balaban J connectivity index is 3.35. The highest BCUT2D eigenvalue weighted by molar-refractivity contribution is 5.26. The van der Waals surface area contributed by atoms with Gasteiger partial charge in [0, 0.05) is 15.2 Å². The average molecular weight is 117 g/mol. The molecule has 3 heteroatoms. The minimum absolute atomic E-state index is 0.184. The number of nitrogen functional groups attached to an aromatic ring is 1. The van der Waals surface area contributed by atoms with E-state index in [4.69, 9.17) is 14.0 Å². The molecule has 0 aromatic carbocycles. The van der Waals surface area contributed by atoms with E-state index in [9.17, 15) is 0 Å². The molecule has 8 heavy (non-hydrogen) atoms. The zero-order valence-corrected chi connectivity index (χ0v) is 4.05. The van der Waals surface area contributed by atoms with Crippen LogP contribution in [0.1, 0.15) is 14.0 Å². The van der Waals surface area contributed by atoms with Crippen LogP contribution in [0, 0.1) is 6.85 Å². The molecular formula is C5H9N3. The first kappa shape index (κ1) is 1.50. The molecule has 0 fully saturated rings. The lowest BCUT2D eigenvalue weighted by atomic mass is 10.7. The Labute approximate surface area is 56.6 Å². The fourth-order valence-corrected chi connectivity index (χ4v) is 0.365. The maximum Gasteiger partial charge on any atom is 0.123 e. The average Bonchev–Trinajstić information content (AvgIpc) is 2.27. The quantitative estimate of drug-likeness (QED) is 0.531. The Kier molecular flexibility index (Phi) is 0.282. The van der Waals surface area contributed by atoms with Crippen LogP contribution in [-0.2, 0) is 6.98 Å². The Hall–Kier alpha value is -0.990. The number of nitrogens with zero attached hydrogens (tertiary/aromatic N) is 2. The number of aromatic nitrogens is 2. The van der Waals surface area contributed by atoms with Gasteiger partial charge in [-0.1, -0.05) is 0 Å². The van der Waals surface area contributed by atoms with Gasteiger partial charge in [-0.15, -0.1) is 0 Å². The zero-order valence-electron chi connectivity index (χ0n) is 10.0. The highest BCUT2D eigenvalue weighted by Gasteiger charge is 1.93. The summed E-state index contributed by atoms with van der Waals surface area (Å²) in [5.41, 5.74) is 5.31. The molecule has 0 amide bonds. The van der Waals surface area contributed by atoms with Crippen LogP contribution in [0.15, 0.2) is 6.20 Å². The van der Waals surface area contributed by atoms with E-state index >= 15 is 0 Å². The Morgan fingerprint density at radius 1 is 2.00 bits per heavy atom. The Morgan fingerprint density at radius 2 is 2.88 bits per heavy atom. The number of hydrogen-bond donors (Lipinski definition) is 1. The molecule has 0 unspecified atom stereocenters. The molecule has 0 saturated heterocycles. The summed E-state index contributed by atoms with van der Waals surface area (Å²) in [5.74, 6) is -0.703. The SMILES string of the molecule is [2H]C([2H])([2H])c1ncc(N)n1C([2H])([2H])[2H]. The van der Waals surface area contributed by atoms with Crippen molar-refractivity contribution >= 4 is 5.82 Å². The minimum Gasteiger partial charge on any atom is -0.384 e. The van der Waals surface area contributed by atoms with Crippen LogP contribution >= 0.6 is 0 Å². The second-order valence-corrected chi connectivity index (χ2v) is 1.34. The van der Waals surface area contributed by atoms with Gasteiger partial charge < -0.3 is 10.3 Å². The molecule has 44 valence electrons. The summed E-state index contributed by atoms with van der Waals surface area (Å²) < 4.78 is 42.9. The molecular weight excluding hydrogens is 102 g/mol. The van der Waals surface area contributed by atoms with Gasteiger partial charge >= 0.3 is 0 Å². The van der Waals surface area contributed by atoms with Crippen LogP contribution < -0.4 is 5.73 Å². The normalized spacial score (nSPS) is 24.0. The number of aryl methyl sites for hydroxylation is 1. The summed E-state index contributed by atoms with van der Waals surface area (Å²) in [7, 11) is 0. The maximum atomic E-state index is 7.08. The molecule has 0 aliphatic rings. The van der Waals surface area contributed by atoms with Gasteiger partial charge in [-0.3, -0.25) is 0 Å². The third kappa shape index (κ3) is 0.559. The van der Waals surface area contributed by atoms with E-state index in [2.05, 4.69) is 4.98 Å². The fraction of sp³-hybridized carbons (Fsp3) is 0.400. The lowest BCUT2D eigenvalue weighted by Crippen LogP contribution is -1.96. The maximum absolute atomic E-state index is 7.08. The predicted octanol–water partition coefficient (Wildman–Crippen LogP) is 0.311. The molecule has 0 aliphatic carbocycles. The van der Waals surface area contributed by atoms with Gasteiger partial charge in [0.2, 0.25) is 0 Å². The van der Waals surface area contributed by atoms with E-state index in [0.717, 1.165) is 6.20 Å². The molecule has 1 aromatic heterocycles. The second kappa shape index (κ2) is 1.51. The summed E-state index contributed by atoms with van der Waals surface area (Å²) in [6.07, 6.45) is 1.02. The monoisotopic (exact) mass is 117 g/mol. The van der Waals surface area contributed by atoms with Crippen LogP contribution in [0.3, 0.4) is 0 Å². The molecule has 0 radical (unpaired) electrons. The summed E-state index contributed by atoms with van der Waals surface area (Å²) >= 11 is 0. The molecule has 0 aliphatic heterocycles. The first-order valence-corrected chi connectivity index (χ1v) is 1.98. The highest BCUT2D eigenvalue weighted by Crippen LogP contribution is 2.00. The van der Waals surface area contributed by atoms with Crippen molar-refractivity contribution in [1.29, 1.82) is 0 Å². The highest BCUT2D eigenvalue weighted by atomic mass is 15.1. The Bertz CT molecular complexity index is 334. The van der Waals surface area contributed by atoms with Crippen molar-refractivity contribution in [3.63, 3.8) is 0 Å². The molecule has 0 saturated carbocycles. The summed E-state index contributed by atoms with van der Waals surface area (Å²) in [4.78, 5) is 3.47. The van der Waals surface area contributed by atoms with Gasteiger partial charge in [-0.2, -0.15) is 0 Å². The first-order valence-electron chi connectivity index (χ1n) is 4.98. The van der Waals surface area contributed by atoms with Gasteiger partial charge in [-0.05, 0) is 6.85 Å². The summed E-state index contributed by atoms with van der Waals surface area (Å²) in [6.45, 7) is -5.20. The van der Waals surface area contributed by atoms with E-state index in [0.29, 0.717) is 4.57 Å². The van der Waals surface area contributed by atoms with Crippen molar-refractivity contribution in [2.45, 2.75) is 6.85 Å². The van der Waals surface area contributed by atoms with E-state index in [1.165, 1.54) is 0 Å². The number of rotatable bonds is 0. The molecule has 0 spiro atoms. The third-order valence-corrected chi connectivity index (χ3v) is 0.789. The predicted molar refractivity (Wildman–Crippen MR) is 32.4 cm³/mol. The number of anilines is 1. The van der Waals surface area contributed by atoms with Crippen molar-refractivity contribution in [3.8, 4) is 0 Å². The van der Waals surface area contributed by atoms with Crippen molar-refractivity contribution in [2.75, 3.05) is 5.73 Å². The largest absolute Gasteiger partial charge is 0.384 e. The smallest absolute Gasteiger partial charge is 0.123 e. The second-order valence-electron chi connectivity index (χ2n) is 1.34. The first-order chi connectivity index (χ1) is 6.14. The van der Waals surface area contributed by atoms with Gasteiger partial charge in [-0.25, -0.2) is 4.98 Å². The molecule has 1 heterocycles. The van der Waals surface area contributed by atoms with E-state index < -0.39 is 19.7 Å². The summed E-state index contributed by atoms with van der Waals surface area (Å²) in [5, 5.41) is 0. The van der Waals surface area contributed by atoms with Gasteiger partial charge in [0.05, 0.1) is 6.20 Å². The minimum atomic E-state index is -2.62.